The van der Waals surface area contributed by atoms with Gasteiger partial charge >= 0.3 is 5.97 Å². The van der Waals surface area contributed by atoms with Crippen LogP contribution in [0.4, 0.5) is 0 Å². The van der Waals surface area contributed by atoms with Gasteiger partial charge in [-0.05, 0) is 6.42 Å². The first-order valence-electron chi connectivity index (χ1n) is 2.75. The number of rotatable bonds is 2. The molecule has 4 nitrogen and oxygen atoms in total. The molecule has 50 valence electrons. The van der Waals surface area contributed by atoms with Gasteiger partial charge in [-0.1, -0.05) is 0 Å². The van der Waals surface area contributed by atoms with Crippen molar-refractivity contribution in [3.05, 3.63) is 0 Å². The normalized spacial score (nSPS) is 24.9. The summed E-state index contributed by atoms with van der Waals surface area (Å²) < 4.78 is 0. The number of nitrogens with one attached hydrogen (secondary N) is 1. The molecule has 0 aromatic heterocycles. The van der Waals surface area contributed by atoms with E-state index < -0.39 is 12.0 Å². The van der Waals surface area contributed by atoms with Crippen molar-refractivity contribution >= 4 is 12.3 Å². The third-order valence-corrected chi connectivity index (χ3v) is 1.51. The summed E-state index contributed by atoms with van der Waals surface area (Å²) in [6, 6.07) is -0.428. The van der Waals surface area contributed by atoms with Gasteiger partial charge in [-0.3, -0.25) is 5.41 Å². The van der Waals surface area contributed by atoms with Gasteiger partial charge in [-0.2, -0.15) is 0 Å². The molecule has 0 radical (unpaired) electrons. The molecule has 1 aliphatic rings. The minimum atomic E-state index is -0.829. The lowest BCUT2D eigenvalue weighted by atomic mass is 10.1. The van der Waals surface area contributed by atoms with Gasteiger partial charge in [0.25, 0.3) is 0 Å². The SMILES string of the molecule is N=CN1CCC1C(=O)O. The van der Waals surface area contributed by atoms with Crippen LogP contribution in [0.25, 0.3) is 0 Å². The van der Waals surface area contributed by atoms with Gasteiger partial charge in [0.15, 0.2) is 0 Å². The number of likely N-dealkylation sites (tertiary alicyclic amines) is 1. The van der Waals surface area contributed by atoms with Crippen LogP contribution in [0.1, 0.15) is 6.42 Å². The van der Waals surface area contributed by atoms with Crippen LogP contribution in [0.3, 0.4) is 0 Å². The predicted octanol–water partition coefficient (Wildman–Crippen LogP) is -0.248. The van der Waals surface area contributed by atoms with Gasteiger partial charge < -0.3 is 10.0 Å². The molecule has 0 amide bonds. The molecule has 1 aliphatic heterocycles. The summed E-state index contributed by atoms with van der Waals surface area (Å²) in [6.07, 6.45) is 1.74. The van der Waals surface area contributed by atoms with Gasteiger partial charge in [0.05, 0.1) is 6.34 Å². The number of carbonyl (C=O) groups is 1. The van der Waals surface area contributed by atoms with Crippen molar-refractivity contribution in [2.24, 2.45) is 0 Å². The van der Waals surface area contributed by atoms with Gasteiger partial charge in [0, 0.05) is 6.54 Å². The van der Waals surface area contributed by atoms with E-state index in [1.54, 1.807) is 0 Å². The van der Waals surface area contributed by atoms with E-state index in [1.807, 2.05) is 0 Å². The average molecular weight is 128 g/mol. The summed E-state index contributed by atoms with van der Waals surface area (Å²) in [5, 5.41) is 15.1. The Morgan fingerprint density at radius 3 is 2.67 bits per heavy atom. The molecular formula is C5H8N2O2. The maximum atomic E-state index is 10.2. The molecule has 0 aliphatic carbocycles. The van der Waals surface area contributed by atoms with Gasteiger partial charge in [-0.25, -0.2) is 4.79 Å². The molecule has 1 heterocycles. The molecule has 1 fully saturated rings. The van der Waals surface area contributed by atoms with Crippen LogP contribution in [-0.2, 0) is 4.79 Å². The molecule has 9 heavy (non-hydrogen) atoms. The fourth-order valence-electron chi connectivity index (χ4n) is 0.827. The highest BCUT2D eigenvalue weighted by atomic mass is 16.4. The Kier molecular flexibility index (Phi) is 1.38. The van der Waals surface area contributed by atoms with E-state index in [-0.39, 0.29) is 0 Å². The zero-order chi connectivity index (χ0) is 6.85. The third-order valence-electron chi connectivity index (χ3n) is 1.51. The molecule has 2 N–H and O–H groups in total. The largest absolute Gasteiger partial charge is 0.480 e. The highest BCUT2D eigenvalue weighted by molar-refractivity contribution is 5.78. The molecule has 0 aromatic rings. The highest BCUT2D eigenvalue weighted by Crippen LogP contribution is 2.13. The maximum Gasteiger partial charge on any atom is 0.326 e. The quantitative estimate of drug-likeness (QED) is 0.398. The van der Waals surface area contributed by atoms with Crippen LogP contribution >= 0.6 is 0 Å². The van der Waals surface area contributed by atoms with Crippen molar-refractivity contribution in [1.82, 2.24) is 4.90 Å². The monoisotopic (exact) mass is 128 g/mol. The number of nitrogens with zero attached hydrogens (tertiary/aromatic N) is 1. The molecule has 1 rings (SSSR count). The van der Waals surface area contributed by atoms with Crippen LogP contribution < -0.4 is 0 Å². The zero-order valence-corrected chi connectivity index (χ0v) is 4.87. The summed E-state index contributed by atoms with van der Waals surface area (Å²) in [4.78, 5) is 11.7. The second kappa shape index (κ2) is 2.05. The Labute approximate surface area is 52.6 Å². The molecule has 0 bridgehead atoms. The Balaban J connectivity index is 2.44. The van der Waals surface area contributed by atoms with E-state index in [0.29, 0.717) is 13.0 Å². The fourth-order valence-corrected chi connectivity index (χ4v) is 0.827. The Morgan fingerprint density at radius 2 is 2.56 bits per heavy atom. The van der Waals surface area contributed by atoms with Crippen LogP contribution in [0, 0.1) is 5.41 Å². The molecule has 4 heteroatoms. The number of hydrogen-bond donors (Lipinski definition) is 2. The molecule has 0 aromatic carbocycles. The second-order valence-electron chi connectivity index (χ2n) is 2.01. The van der Waals surface area contributed by atoms with E-state index >= 15 is 0 Å². The first-order chi connectivity index (χ1) is 4.25. The number of carboxylic acids is 1. The topological polar surface area (TPSA) is 64.4 Å². The molecule has 0 saturated carbocycles. The number of aliphatic carboxylic acids is 1. The number of hydrogen-bond acceptors (Lipinski definition) is 2. The molecule has 1 atom stereocenters. The van der Waals surface area contributed by atoms with Crippen molar-refractivity contribution < 1.29 is 9.90 Å². The minimum Gasteiger partial charge on any atom is -0.480 e. The summed E-state index contributed by atoms with van der Waals surface area (Å²) in [7, 11) is 0. The van der Waals surface area contributed by atoms with Crippen molar-refractivity contribution in [2.45, 2.75) is 12.5 Å². The third kappa shape index (κ3) is 0.872. The van der Waals surface area contributed by atoms with E-state index in [0.717, 1.165) is 6.34 Å². The smallest absolute Gasteiger partial charge is 0.326 e. The van der Waals surface area contributed by atoms with Crippen LogP contribution in [0.2, 0.25) is 0 Å². The van der Waals surface area contributed by atoms with Gasteiger partial charge in [0.1, 0.15) is 6.04 Å². The van der Waals surface area contributed by atoms with E-state index in [9.17, 15) is 4.79 Å². The molecule has 1 saturated heterocycles. The minimum absolute atomic E-state index is 0.428. The first-order valence-corrected chi connectivity index (χ1v) is 2.75. The zero-order valence-electron chi connectivity index (χ0n) is 4.87. The molecular weight excluding hydrogens is 120 g/mol. The summed E-state index contributed by atoms with van der Waals surface area (Å²) in [6.45, 7) is 0.709. The predicted molar refractivity (Wildman–Crippen MR) is 31.5 cm³/mol. The van der Waals surface area contributed by atoms with Crippen LogP contribution in [0.15, 0.2) is 0 Å². The Bertz CT molecular complexity index is 146. The van der Waals surface area contributed by atoms with Crippen LogP contribution in [-0.4, -0.2) is 34.9 Å². The summed E-state index contributed by atoms with van der Waals surface area (Å²) >= 11 is 0. The average Bonchev–Trinajstić information content (AvgIpc) is 1.61. The summed E-state index contributed by atoms with van der Waals surface area (Å²) in [5.74, 6) is -0.829. The van der Waals surface area contributed by atoms with Crippen molar-refractivity contribution in [2.75, 3.05) is 6.54 Å². The van der Waals surface area contributed by atoms with Crippen LogP contribution in [0.5, 0.6) is 0 Å². The lowest BCUT2D eigenvalue weighted by Gasteiger charge is -2.35. The van der Waals surface area contributed by atoms with Gasteiger partial charge in [0.2, 0.25) is 0 Å². The lowest BCUT2D eigenvalue weighted by Crippen LogP contribution is -2.51. The van der Waals surface area contributed by atoms with E-state index in [1.165, 1.54) is 4.90 Å². The second-order valence-corrected chi connectivity index (χ2v) is 2.01. The molecule has 1 unspecified atom stereocenters. The lowest BCUT2D eigenvalue weighted by molar-refractivity contribution is -0.145. The van der Waals surface area contributed by atoms with Crippen molar-refractivity contribution in [3.63, 3.8) is 0 Å². The van der Waals surface area contributed by atoms with Crippen molar-refractivity contribution in [3.8, 4) is 0 Å². The Morgan fingerprint density at radius 1 is 1.89 bits per heavy atom. The van der Waals surface area contributed by atoms with Crippen molar-refractivity contribution in [1.29, 1.82) is 5.41 Å². The molecule has 0 spiro atoms. The standard InChI is InChI=1S/C5H8N2O2/c6-3-7-2-1-4(7)5(8)9/h3-4,6H,1-2H2,(H,8,9). The van der Waals surface area contributed by atoms with E-state index in [4.69, 9.17) is 10.5 Å². The fraction of sp³-hybridized carbons (Fsp3) is 0.600. The first kappa shape index (κ1) is 6.07. The maximum absolute atomic E-state index is 10.2. The Hall–Kier alpha value is -1.06. The van der Waals surface area contributed by atoms with Gasteiger partial charge in [-0.15, -0.1) is 0 Å². The highest BCUT2D eigenvalue weighted by Gasteiger charge is 2.31. The van der Waals surface area contributed by atoms with E-state index in [2.05, 4.69) is 0 Å². The number of carboxylic acid groups (broad SMARTS) is 1. The summed E-state index contributed by atoms with van der Waals surface area (Å²) in [5.41, 5.74) is 0.